The van der Waals surface area contributed by atoms with Crippen molar-refractivity contribution >= 4 is 16.7 Å². The van der Waals surface area contributed by atoms with E-state index >= 15 is 0 Å². The highest BCUT2D eigenvalue weighted by Crippen LogP contribution is 2.13. The van der Waals surface area contributed by atoms with Gasteiger partial charge in [0.1, 0.15) is 5.82 Å². The maximum absolute atomic E-state index is 10.9. The number of rotatable bonds is 0. The molecule has 0 saturated carbocycles. The Labute approximate surface area is 68.1 Å². The molecule has 2 heterocycles. The molecule has 0 amide bonds. The number of H-pyrrole nitrogens is 1. The molecule has 0 aliphatic carbocycles. The van der Waals surface area contributed by atoms with Crippen LogP contribution in [-0.4, -0.2) is 9.97 Å². The molecule has 0 saturated heterocycles. The third kappa shape index (κ3) is 0.934. The highest BCUT2D eigenvalue weighted by molar-refractivity contribution is 5.87. The topological polar surface area (TPSA) is 71.8 Å². The van der Waals surface area contributed by atoms with Crippen molar-refractivity contribution in [3.05, 3.63) is 34.7 Å². The van der Waals surface area contributed by atoms with Crippen LogP contribution in [0.25, 0.3) is 10.9 Å². The summed E-state index contributed by atoms with van der Waals surface area (Å²) in [5.41, 5.74) is 6.16. The van der Waals surface area contributed by atoms with Crippen LogP contribution in [-0.2, 0) is 0 Å². The van der Waals surface area contributed by atoms with Crippen LogP contribution in [0.2, 0.25) is 0 Å². The molecule has 60 valence electrons. The van der Waals surface area contributed by atoms with Crippen molar-refractivity contribution in [3.63, 3.8) is 0 Å². The smallest absolute Gasteiger partial charge is 0.248 e. The minimum atomic E-state index is -0.131. The number of nitrogens with zero attached hydrogens (tertiary/aromatic N) is 1. The highest BCUT2D eigenvalue weighted by atomic mass is 16.1. The number of hydrogen-bond acceptors (Lipinski definition) is 3. The van der Waals surface area contributed by atoms with Gasteiger partial charge >= 0.3 is 0 Å². The van der Waals surface area contributed by atoms with Crippen LogP contribution in [0.5, 0.6) is 0 Å². The van der Waals surface area contributed by atoms with Gasteiger partial charge in [-0.05, 0) is 12.1 Å². The predicted octanol–water partition coefficient (Wildman–Crippen LogP) is 0.505. The summed E-state index contributed by atoms with van der Waals surface area (Å²) in [5.74, 6) is 0.434. The number of nitrogen functional groups attached to an aromatic ring is 1. The molecular weight excluding hydrogens is 154 g/mol. The summed E-state index contributed by atoms with van der Waals surface area (Å²) in [4.78, 5) is 17.4. The van der Waals surface area contributed by atoms with Crippen molar-refractivity contribution in [2.75, 3.05) is 5.73 Å². The molecule has 3 N–H and O–H groups in total. The summed E-state index contributed by atoms with van der Waals surface area (Å²) in [5, 5.41) is 0.775. The van der Waals surface area contributed by atoms with E-state index in [0.717, 1.165) is 10.9 Å². The van der Waals surface area contributed by atoms with Crippen molar-refractivity contribution in [2.45, 2.75) is 0 Å². The van der Waals surface area contributed by atoms with Gasteiger partial charge in [0.2, 0.25) is 5.56 Å². The van der Waals surface area contributed by atoms with Crippen molar-refractivity contribution in [2.24, 2.45) is 0 Å². The first-order chi connectivity index (χ1) is 5.77. The standard InChI is InChI=1S/C8H7N3O/c9-8-5-1-2-7(12)11-6(5)3-4-10-8/h1-4H,(H2,9,10)(H,11,12). The van der Waals surface area contributed by atoms with E-state index in [0.29, 0.717) is 5.82 Å². The zero-order valence-corrected chi connectivity index (χ0v) is 6.24. The second kappa shape index (κ2) is 2.34. The molecule has 12 heavy (non-hydrogen) atoms. The number of aromatic nitrogens is 2. The van der Waals surface area contributed by atoms with Gasteiger partial charge < -0.3 is 10.7 Å². The minimum Gasteiger partial charge on any atom is -0.383 e. The molecule has 4 nitrogen and oxygen atoms in total. The third-order valence-corrected chi connectivity index (χ3v) is 1.68. The summed E-state index contributed by atoms with van der Waals surface area (Å²) < 4.78 is 0. The summed E-state index contributed by atoms with van der Waals surface area (Å²) in [6, 6.07) is 4.81. The number of pyridine rings is 2. The molecule has 0 aliphatic rings. The minimum absolute atomic E-state index is 0.131. The average Bonchev–Trinajstić information content (AvgIpc) is 2.04. The molecule has 2 aromatic heterocycles. The van der Waals surface area contributed by atoms with Gasteiger partial charge in [-0.2, -0.15) is 0 Å². The fourth-order valence-corrected chi connectivity index (χ4v) is 1.11. The Morgan fingerprint density at radius 2 is 2.17 bits per heavy atom. The van der Waals surface area contributed by atoms with E-state index in [1.807, 2.05) is 0 Å². The first kappa shape index (κ1) is 6.84. The van der Waals surface area contributed by atoms with Crippen LogP contribution in [0, 0.1) is 0 Å². The molecule has 0 aliphatic heterocycles. The average molecular weight is 161 g/mol. The van der Waals surface area contributed by atoms with Crippen LogP contribution in [0.15, 0.2) is 29.2 Å². The van der Waals surface area contributed by atoms with Crippen molar-refractivity contribution in [3.8, 4) is 0 Å². The van der Waals surface area contributed by atoms with E-state index in [1.54, 1.807) is 18.3 Å². The van der Waals surface area contributed by atoms with Gasteiger partial charge in [0.25, 0.3) is 0 Å². The van der Waals surface area contributed by atoms with Gasteiger partial charge in [0.05, 0.1) is 5.52 Å². The normalized spacial score (nSPS) is 10.3. The van der Waals surface area contributed by atoms with E-state index in [-0.39, 0.29) is 5.56 Å². The maximum atomic E-state index is 10.9. The maximum Gasteiger partial charge on any atom is 0.248 e. The SMILES string of the molecule is Nc1nccc2[nH]c(=O)ccc12. The lowest BCUT2D eigenvalue weighted by atomic mass is 10.2. The fraction of sp³-hybridized carbons (Fsp3) is 0. The molecule has 0 unspecified atom stereocenters. The van der Waals surface area contributed by atoms with Gasteiger partial charge in [0.15, 0.2) is 0 Å². The molecule has 0 atom stereocenters. The van der Waals surface area contributed by atoms with Gasteiger partial charge in [-0.25, -0.2) is 4.98 Å². The molecular formula is C8H7N3O. The predicted molar refractivity (Wildman–Crippen MR) is 46.8 cm³/mol. The second-order valence-corrected chi connectivity index (χ2v) is 2.48. The lowest BCUT2D eigenvalue weighted by molar-refractivity contribution is 1.28. The Morgan fingerprint density at radius 3 is 3.00 bits per heavy atom. The molecule has 0 radical (unpaired) electrons. The lowest BCUT2D eigenvalue weighted by Crippen LogP contribution is -2.03. The summed E-state index contributed by atoms with van der Waals surface area (Å²) >= 11 is 0. The number of hydrogen-bond donors (Lipinski definition) is 2. The van der Waals surface area contributed by atoms with Crippen molar-refractivity contribution in [1.29, 1.82) is 0 Å². The lowest BCUT2D eigenvalue weighted by Gasteiger charge is -1.97. The Hall–Kier alpha value is -1.84. The van der Waals surface area contributed by atoms with Gasteiger partial charge in [-0.1, -0.05) is 0 Å². The van der Waals surface area contributed by atoms with Crippen LogP contribution >= 0.6 is 0 Å². The van der Waals surface area contributed by atoms with Crippen molar-refractivity contribution in [1.82, 2.24) is 9.97 Å². The number of aromatic amines is 1. The monoisotopic (exact) mass is 161 g/mol. The van der Waals surface area contributed by atoms with Crippen LogP contribution in [0.1, 0.15) is 0 Å². The zero-order valence-electron chi connectivity index (χ0n) is 6.24. The highest BCUT2D eigenvalue weighted by Gasteiger charge is 1.97. The molecule has 0 spiro atoms. The van der Waals surface area contributed by atoms with E-state index in [9.17, 15) is 4.79 Å². The van der Waals surface area contributed by atoms with Crippen LogP contribution in [0.3, 0.4) is 0 Å². The Kier molecular flexibility index (Phi) is 1.33. The number of nitrogens with one attached hydrogen (secondary N) is 1. The number of anilines is 1. The molecule has 2 aromatic rings. The summed E-state index contributed by atoms with van der Waals surface area (Å²) in [6.45, 7) is 0. The zero-order chi connectivity index (χ0) is 8.55. The Morgan fingerprint density at radius 1 is 1.33 bits per heavy atom. The van der Waals surface area contributed by atoms with Gasteiger partial charge in [-0.3, -0.25) is 4.79 Å². The van der Waals surface area contributed by atoms with E-state index in [1.165, 1.54) is 6.07 Å². The molecule has 2 rings (SSSR count). The van der Waals surface area contributed by atoms with Gasteiger partial charge in [-0.15, -0.1) is 0 Å². The first-order valence-electron chi connectivity index (χ1n) is 3.51. The van der Waals surface area contributed by atoms with Gasteiger partial charge in [0, 0.05) is 17.6 Å². The van der Waals surface area contributed by atoms with Crippen LogP contribution < -0.4 is 11.3 Å². The number of nitrogens with two attached hydrogens (primary N) is 1. The van der Waals surface area contributed by atoms with E-state index in [4.69, 9.17) is 5.73 Å². The molecule has 0 bridgehead atoms. The molecule has 0 fully saturated rings. The summed E-state index contributed by atoms with van der Waals surface area (Å²) in [6.07, 6.45) is 1.56. The first-order valence-corrected chi connectivity index (χ1v) is 3.51. The molecule has 4 heteroatoms. The molecule has 0 aromatic carbocycles. The van der Waals surface area contributed by atoms with Crippen LogP contribution in [0.4, 0.5) is 5.82 Å². The van der Waals surface area contributed by atoms with Crippen molar-refractivity contribution < 1.29 is 0 Å². The Bertz CT molecular complexity index is 475. The second-order valence-electron chi connectivity index (χ2n) is 2.48. The Balaban J connectivity index is 2.96. The quantitative estimate of drug-likeness (QED) is 0.591. The fourth-order valence-electron chi connectivity index (χ4n) is 1.11. The summed E-state index contributed by atoms with van der Waals surface area (Å²) in [7, 11) is 0. The largest absolute Gasteiger partial charge is 0.383 e. The van der Waals surface area contributed by atoms with E-state index < -0.39 is 0 Å². The van der Waals surface area contributed by atoms with E-state index in [2.05, 4.69) is 9.97 Å². The number of fused-ring (bicyclic) bond motifs is 1. The third-order valence-electron chi connectivity index (χ3n) is 1.68.